The Balaban J connectivity index is 0.00000576. The summed E-state index contributed by atoms with van der Waals surface area (Å²) in [4.78, 5) is 22.5. The van der Waals surface area contributed by atoms with Crippen molar-refractivity contribution >= 4 is 29.9 Å². The van der Waals surface area contributed by atoms with Crippen molar-refractivity contribution < 1.29 is 22.8 Å². The Kier molecular flexibility index (Phi) is 10.2. The lowest BCUT2D eigenvalue weighted by molar-refractivity contribution is -0.137. The third-order valence-corrected chi connectivity index (χ3v) is 3.29. The minimum Gasteiger partial charge on any atom is -0.356 e. The zero-order valence-electron chi connectivity index (χ0n) is 13.9. The number of unbranched alkanes of at least 4 members (excludes halogenated alkanes) is 2. The first kappa shape index (κ1) is 23.2. The van der Waals surface area contributed by atoms with Gasteiger partial charge in [0.1, 0.15) is 0 Å². The molecule has 0 aliphatic heterocycles. The molecule has 142 valence electrons. The van der Waals surface area contributed by atoms with Crippen LogP contribution in [-0.4, -0.2) is 18.4 Å². The van der Waals surface area contributed by atoms with Crippen molar-refractivity contribution in [1.82, 2.24) is 5.32 Å². The van der Waals surface area contributed by atoms with Crippen LogP contribution in [0.15, 0.2) is 18.2 Å². The zero-order chi connectivity index (χ0) is 18.2. The monoisotopic (exact) mass is 381 g/mol. The Labute approximate surface area is 150 Å². The number of hydrogen-bond acceptors (Lipinski definition) is 3. The van der Waals surface area contributed by atoms with Gasteiger partial charge in [-0.25, -0.2) is 0 Å². The highest BCUT2D eigenvalue weighted by molar-refractivity contribution is 5.90. The van der Waals surface area contributed by atoms with E-state index in [1.807, 2.05) is 0 Å². The molecular formula is C16H23ClF3N3O2. The van der Waals surface area contributed by atoms with Gasteiger partial charge in [0.15, 0.2) is 0 Å². The second-order valence-electron chi connectivity index (χ2n) is 5.46. The van der Waals surface area contributed by atoms with E-state index in [1.54, 1.807) is 0 Å². The van der Waals surface area contributed by atoms with Crippen LogP contribution in [0.3, 0.4) is 0 Å². The van der Waals surface area contributed by atoms with Crippen molar-refractivity contribution in [3.05, 3.63) is 29.3 Å². The maximum absolute atomic E-state index is 12.8. The maximum Gasteiger partial charge on any atom is 0.416 e. The normalized spacial score (nSPS) is 10.8. The van der Waals surface area contributed by atoms with Gasteiger partial charge in [0.2, 0.25) is 11.8 Å². The van der Waals surface area contributed by atoms with Gasteiger partial charge in [-0.2, -0.15) is 13.2 Å². The summed E-state index contributed by atoms with van der Waals surface area (Å²) in [6.45, 7) is 1.93. The third-order valence-electron chi connectivity index (χ3n) is 3.29. The smallest absolute Gasteiger partial charge is 0.356 e. The van der Waals surface area contributed by atoms with E-state index in [-0.39, 0.29) is 42.9 Å². The third kappa shape index (κ3) is 9.31. The molecule has 0 aliphatic carbocycles. The molecule has 0 aliphatic rings. The molecule has 0 heterocycles. The van der Waals surface area contributed by atoms with E-state index in [4.69, 9.17) is 5.73 Å². The van der Waals surface area contributed by atoms with Gasteiger partial charge in [-0.15, -0.1) is 12.4 Å². The average Bonchev–Trinajstić information content (AvgIpc) is 2.49. The summed E-state index contributed by atoms with van der Waals surface area (Å²) in [6, 6.07) is 3.30. The molecule has 0 saturated carbocycles. The molecule has 0 spiro atoms. The number of amides is 2. The van der Waals surface area contributed by atoms with E-state index in [0.717, 1.165) is 25.0 Å². The maximum atomic E-state index is 12.8. The minimum absolute atomic E-state index is 0. The summed E-state index contributed by atoms with van der Waals surface area (Å²) in [5.74, 6) is -0.454. The van der Waals surface area contributed by atoms with Gasteiger partial charge in [-0.3, -0.25) is 9.59 Å². The Morgan fingerprint density at radius 3 is 2.36 bits per heavy atom. The van der Waals surface area contributed by atoms with Crippen LogP contribution >= 0.6 is 12.4 Å². The lowest BCUT2D eigenvalue weighted by Gasteiger charge is -2.12. The summed E-state index contributed by atoms with van der Waals surface area (Å²) >= 11 is 0. The summed E-state index contributed by atoms with van der Waals surface area (Å²) in [7, 11) is 0. The fourth-order valence-electron chi connectivity index (χ4n) is 2.12. The first-order chi connectivity index (χ1) is 11.2. The number of alkyl halides is 3. The Hall–Kier alpha value is -1.80. The van der Waals surface area contributed by atoms with Gasteiger partial charge in [0.05, 0.1) is 5.56 Å². The Bertz CT molecular complexity index is 580. The highest BCUT2D eigenvalue weighted by atomic mass is 35.5. The van der Waals surface area contributed by atoms with Crippen LogP contribution in [0.25, 0.3) is 0 Å². The molecule has 0 unspecified atom stereocenters. The molecule has 4 N–H and O–H groups in total. The van der Waals surface area contributed by atoms with E-state index in [9.17, 15) is 22.8 Å². The number of nitrogens with two attached hydrogens (primary N) is 1. The number of anilines is 1. The van der Waals surface area contributed by atoms with Gasteiger partial charge in [0, 0.05) is 32.1 Å². The fourth-order valence-corrected chi connectivity index (χ4v) is 2.12. The summed E-state index contributed by atoms with van der Waals surface area (Å²) < 4.78 is 38.4. The summed E-state index contributed by atoms with van der Waals surface area (Å²) in [5, 5.41) is 5.12. The number of carbonyl (C=O) groups is 2. The van der Waals surface area contributed by atoms with Crippen molar-refractivity contribution in [2.75, 3.05) is 11.9 Å². The van der Waals surface area contributed by atoms with Gasteiger partial charge >= 0.3 is 6.18 Å². The van der Waals surface area contributed by atoms with Gasteiger partial charge < -0.3 is 16.4 Å². The zero-order valence-corrected chi connectivity index (χ0v) is 14.7. The lowest BCUT2D eigenvalue weighted by Crippen LogP contribution is -2.20. The van der Waals surface area contributed by atoms with Crippen LogP contribution in [0.5, 0.6) is 0 Å². The van der Waals surface area contributed by atoms with Crippen LogP contribution in [0, 0.1) is 0 Å². The second-order valence-corrected chi connectivity index (χ2v) is 5.46. The molecular weight excluding hydrogens is 359 g/mol. The molecule has 0 radical (unpaired) electrons. The Morgan fingerprint density at radius 2 is 1.80 bits per heavy atom. The van der Waals surface area contributed by atoms with Crippen molar-refractivity contribution in [3.8, 4) is 0 Å². The van der Waals surface area contributed by atoms with Gasteiger partial charge in [-0.05, 0) is 36.6 Å². The van der Waals surface area contributed by atoms with Crippen LogP contribution < -0.4 is 16.4 Å². The predicted octanol–water partition coefficient (Wildman–Crippen LogP) is 3.22. The highest BCUT2D eigenvalue weighted by Gasteiger charge is 2.31. The van der Waals surface area contributed by atoms with E-state index >= 15 is 0 Å². The highest BCUT2D eigenvalue weighted by Crippen LogP contribution is 2.32. The topological polar surface area (TPSA) is 84.2 Å². The SMILES string of the molecule is CC(=O)NCCCCCC(=O)Nc1cc(CN)cc(C(F)(F)F)c1.Cl. The number of nitrogens with one attached hydrogen (secondary N) is 2. The van der Waals surface area contributed by atoms with Crippen LogP contribution in [0.1, 0.15) is 43.7 Å². The first-order valence-corrected chi connectivity index (χ1v) is 7.68. The van der Waals surface area contributed by atoms with E-state index in [0.29, 0.717) is 18.5 Å². The molecule has 2 amide bonds. The van der Waals surface area contributed by atoms with Crippen molar-refractivity contribution in [1.29, 1.82) is 0 Å². The minimum atomic E-state index is -4.49. The standard InChI is InChI=1S/C16H22F3N3O2.ClH/c1-11(23)21-6-4-2-3-5-15(24)22-14-8-12(10-20)7-13(9-14)16(17,18)19;/h7-9H,2-6,10,20H2,1H3,(H,21,23)(H,22,24);1H. The molecule has 0 aromatic heterocycles. The molecule has 0 atom stereocenters. The molecule has 5 nitrogen and oxygen atoms in total. The average molecular weight is 382 g/mol. The molecule has 1 aromatic rings. The quantitative estimate of drug-likeness (QED) is 0.604. The number of hydrogen-bond donors (Lipinski definition) is 3. The van der Waals surface area contributed by atoms with Gasteiger partial charge in [0.25, 0.3) is 0 Å². The molecule has 0 fully saturated rings. The van der Waals surface area contributed by atoms with E-state index in [2.05, 4.69) is 10.6 Å². The number of halogens is 4. The van der Waals surface area contributed by atoms with Crippen molar-refractivity contribution in [2.24, 2.45) is 5.73 Å². The van der Waals surface area contributed by atoms with Crippen LogP contribution in [-0.2, 0) is 22.3 Å². The van der Waals surface area contributed by atoms with E-state index in [1.165, 1.54) is 13.0 Å². The first-order valence-electron chi connectivity index (χ1n) is 7.68. The lowest BCUT2D eigenvalue weighted by atomic mass is 10.1. The fraction of sp³-hybridized carbons (Fsp3) is 0.500. The number of carbonyl (C=O) groups excluding carboxylic acids is 2. The second kappa shape index (κ2) is 10.9. The summed E-state index contributed by atoms with van der Waals surface area (Å²) in [6.07, 6.45) is -2.21. The number of benzene rings is 1. The van der Waals surface area contributed by atoms with Crippen molar-refractivity contribution in [2.45, 2.75) is 45.3 Å². The molecule has 0 bridgehead atoms. The molecule has 1 aromatic carbocycles. The predicted molar refractivity (Wildman–Crippen MR) is 92.4 cm³/mol. The molecule has 25 heavy (non-hydrogen) atoms. The number of rotatable bonds is 8. The van der Waals surface area contributed by atoms with E-state index < -0.39 is 11.7 Å². The van der Waals surface area contributed by atoms with Gasteiger partial charge in [-0.1, -0.05) is 6.42 Å². The molecule has 0 saturated heterocycles. The molecule has 9 heteroatoms. The van der Waals surface area contributed by atoms with Crippen molar-refractivity contribution in [3.63, 3.8) is 0 Å². The van der Waals surface area contributed by atoms with Crippen LogP contribution in [0.2, 0.25) is 0 Å². The summed E-state index contributed by atoms with van der Waals surface area (Å²) in [5.41, 5.74) is 4.96. The largest absolute Gasteiger partial charge is 0.416 e. The Morgan fingerprint density at radius 1 is 1.12 bits per heavy atom. The van der Waals surface area contributed by atoms with Crippen LogP contribution in [0.4, 0.5) is 18.9 Å². The molecule has 1 rings (SSSR count).